The fraction of sp³-hybridized carbons (Fsp3) is 0.483. The van der Waals surface area contributed by atoms with Gasteiger partial charge in [0.25, 0.3) is 0 Å². The molecule has 2 fully saturated rings. The summed E-state index contributed by atoms with van der Waals surface area (Å²) in [5.41, 5.74) is 3.59. The van der Waals surface area contributed by atoms with Crippen molar-refractivity contribution in [3.05, 3.63) is 59.4 Å². The van der Waals surface area contributed by atoms with Crippen LogP contribution in [0.15, 0.2) is 45.9 Å². The molecular formula is C29H37N7O3. The molecular weight excluding hydrogens is 494 g/mol. The highest BCUT2D eigenvalue weighted by Crippen LogP contribution is 2.62. The number of imidazole rings is 1. The van der Waals surface area contributed by atoms with Crippen LogP contribution in [-0.4, -0.2) is 56.6 Å². The second kappa shape index (κ2) is 11.9. The number of carbonyl (C=O) groups is 1. The zero-order valence-corrected chi connectivity index (χ0v) is 23.1. The molecule has 3 aromatic rings. The smallest absolute Gasteiger partial charge is 0.246 e. The number of anilines is 1. The van der Waals surface area contributed by atoms with Crippen molar-refractivity contribution in [2.45, 2.75) is 58.5 Å². The minimum atomic E-state index is 0.159. The van der Waals surface area contributed by atoms with Crippen LogP contribution in [0.4, 0.5) is 11.8 Å². The average molecular weight is 532 g/mol. The molecule has 3 heterocycles. The Morgan fingerprint density at radius 3 is 2.64 bits per heavy atom. The first-order chi connectivity index (χ1) is 19.1. The molecule has 10 nitrogen and oxygen atoms in total. The average Bonchev–Trinajstić information content (AvgIpc) is 3.31. The van der Waals surface area contributed by atoms with E-state index in [9.17, 15) is 4.79 Å². The van der Waals surface area contributed by atoms with Gasteiger partial charge in [-0.2, -0.15) is 9.97 Å². The maximum absolute atomic E-state index is 11.7. The number of hydrogen-bond acceptors (Lipinski definition) is 8. The van der Waals surface area contributed by atoms with Gasteiger partial charge in [-0.3, -0.25) is 9.69 Å². The molecule has 206 valence electrons. The summed E-state index contributed by atoms with van der Waals surface area (Å²) in [5, 5.41) is 7.69. The van der Waals surface area contributed by atoms with Gasteiger partial charge in [-0.25, -0.2) is 4.99 Å². The lowest BCUT2D eigenvalue weighted by Crippen LogP contribution is -2.29. The molecule has 0 radical (unpaired) electrons. The summed E-state index contributed by atoms with van der Waals surface area (Å²) in [5.74, 6) is 3.71. The van der Waals surface area contributed by atoms with Crippen molar-refractivity contribution in [1.29, 1.82) is 0 Å². The van der Waals surface area contributed by atoms with Gasteiger partial charge in [-0.15, -0.1) is 0 Å². The van der Waals surface area contributed by atoms with Crippen molar-refractivity contribution in [3.63, 3.8) is 0 Å². The normalized spacial score (nSPS) is 22.2. The molecule has 1 aliphatic heterocycles. The standard InChI is InChI=1S/C27H31N7O3.C2H6/c1-17-25(31-27(33(17)2)29-20-8-10-36-11-9-20)28-15-34(16-35)14-23-30-26(32-37-23)24-21-12-19(13-22(21)24)18-6-4-3-5-7-18;1-2/h3-7,12,15-16,20-22,24H,8-11,13-14H2,1-2H3,(H,29,31);1-2H3/b28-15-;. The largest absolute Gasteiger partial charge is 0.381 e. The van der Waals surface area contributed by atoms with Crippen molar-refractivity contribution in [2.24, 2.45) is 23.9 Å². The molecule has 1 saturated carbocycles. The van der Waals surface area contributed by atoms with Crippen LogP contribution in [0.25, 0.3) is 5.57 Å². The number of aliphatic imine (C=N–C) groups is 1. The Bertz CT molecular complexity index is 1320. The lowest BCUT2D eigenvalue weighted by atomic mass is 10.0. The number of nitrogens with one attached hydrogen (secondary N) is 1. The number of allylic oxidation sites excluding steroid dienone is 2. The summed E-state index contributed by atoms with van der Waals surface area (Å²) in [4.78, 5) is 26.8. The van der Waals surface area contributed by atoms with E-state index in [0.717, 1.165) is 49.9 Å². The maximum Gasteiger partial charge on any atom is 0.246 e. The van der Waals surface area contributed by atoms with Crippen LogP contribution >= 0.6 is 0 Å². The van der Waals surface area contributed by atoms with Crippen LogP contribution in [0.2, 0.25) is 0 Å². The summed E-state index contributed by atoms with van der Waals surface area (Å²) in [7, 11) is 1.95. The van der Waals surface area contributed by atoms with Gasteiger partial charge in [-0.1, -0.05) is 55.4 Å². The second-order valence-electron chi connectivity index (χ2n) is 10.0. The van der Waals surface area contributed by atoms with Crippen molar-refractivity contribution < 1.29 is 14.1 Å². The molecule has 39 heavy (non-hydrogen) atoms. The Labute approximate surface area is 229 Å². The molecule has 2 aromatic heterocycles. The first kappa shape index (κ1) is 26.8. The first-order valence-electron chi connectivity index (χ1n) is 13.8. The summed E-state index contributed by atoms with van der Waals surface area (Å²) in [6.07, 6.45) is 7.44. The third-order valence-electron chi connectivity index (χ3n) is 7.70. The Morgan fingerprint density at radius 1 is 1.18 bits per heavy atom. The SMILES string of the molecule is CC.Cc1c(/N=C\N(C=O)Cc2nc(C3C4C=C(c5ccccc5)CC43)no2)nc(NC2CCOCC2)n1C. The molecule has 1 N–H and O–H groups in total. The number of hydrogen-bond donors (Lipinski definition) is 1. The van der Waals surface area contributed by atoms with Crippen molar-refractivity contribution in [3.8, 4) is 0 Å². The highest BCUT2D eigenvalue weighted by molar-refractivity contribution is 5.74. The van der Waals surface area contributed by atoms with E-state index >= 15 is 0 Å². The van der Waals surface area contributed by atoms with Crippen LogP contribution < -0.4 is 5.32 Å². The van der Waals surface area contributed by atoms with E-state index in [2.05, 4.69) is 55.8 Å². The number of benzene rings is 1. The van der Waals surface area contributed by atoms with Crippen LogP contribution in [0.3, 0.4) is 0 Å². The number of fused-ring (bicyclic) bond motifs is 1. The van der Waals surface area contributed by atoms with Crippen LogP contribution in [-0.2, 0) is 23.1 Å². The molecule has 3 aliphatic rings. The first-order valence-corrected chi connectivity index (χ1v) is 13.8. The third-order valence-corrected chi connectivity index (χ3v) is 7.70. The molecule has 1 saturated heterocycles. The second-order valence-corrected chi connectivity index (χ2v) is 10.0. The van der Waals surface area contributed by atoms with E-state index in [-0.39, 0.29) is 6.54 Å². The Morgan fingerprint density at radius 2 is 1.95 bits per heavy atom. The topological polar surface area (TPSA) is 111 Å². The number of nitrogens with zero attached hydrogens (tertiary/aromatic N) is 6. The van der Waals surface area contributed by atoms with Crippen molar-refractivity contribution in [2.75, 3.05) is 18.5 Å². The molecule has 10 heteroatoms. The van der Waals surface area contributed by atoms with Gasteiger partial charge in [0.05, 0.1) is 5.69 Å². The van der Waals surface area contributed by atoms with Crippen LogP contribution in [0.5, 0.6) is 0 Å². The molecule has 0 spiro atoms. The number of carbonyl (C=O) groups excluding carboxylic acids is 1. The molecule has 1 aromatic carbocycles. The van der Waals surface area contributed by atoms with Gasteiger partial charge >= 0.3 is 0 Å². The van der Waals surface area contributed by atoms with Gasteiger partial charge in [0.2, 0.25) is 18.2 Å². The van der Waals surface area contributed by atoms with E-state index in [1.807, 2.05) is 38.5 Å². The van der Waals surface area contributed by atoms with Crippen LogP contribution in [0.1, 0.15) is 62.0 Å². The quantitative estimate of drug-likeness (QED) is 0.238. The number of amides is 1. The monoisotopic (exact) mass is 531 g/mol. The van der Waals surface area contributed by atoms with Crippen LogP contribution in [0, 0.1) is 18.8 Å². The van der Waals surface area contributed by atoms with Gasteiger partial charge < -0.3 is 19.1 Å². The molecule has 0 bridgehead atoms. The third kappa shape index (κ3) is 5.80. The molecule has 3 atom stereocenters. The number of rotatable bonds is 9. The fourth-order valence-corrected chi connectivity index (χ4v) is 5.37. The van der Waals surface area contributed by atoms with Crippen molar-refractivity contribution in [1.82, 2.24) is 24.6 Å². The predicted molar refractivity (Wildman–Crippen MR) is 150 cm³/mol. The van der Waals surface area contributed by atoms with Gasteiger partial charge in [0, 0.05) is 32.2 Å². The summed E-state index contributed by atoms with van der Waals surface area (Å²) < 4.78 is 12.9. The molecule has 6 rings (SSSR count). The molecule has 3 unspecified atom stereocenters. The van der Waals surface area contributed by atoms with Gasteiger partial charge in [0.1, 0.15) is 12.9 Å². The summed E-state index contributed by atoms with van der Waals surface area (Å²) in [6.45, 7) is 7.62. The van der Waals surface area contributed by atoms with Crippen molar-refractivity contribution >= 4 is 30.1 Å². The Balaban J connectivity index is 0.00000151. The van der Waals surface area contributed by atoms with E-state index < -0.39 is 0 Å². The van der Waals surface area contributed by atoms with E-state index in [4.69, 9.17) is 9.26 Å². The highest BCUT2D eigenvalue weighted by Gasteiger charge is 2.55. The molecule has 2 aliphatic carbocycles. The van der Waals surface area contributed by atoms with E-state index in [1.54, 1.807) is 0 Å². The summed E-state index contributed by atoms with van der Waals surface area (Å²) in [6, 6.07) is 10.8. The zero-order valence-electron chi connectivity index (χ0n) is 23.1. The summed E-state index contributed by atoms with van der Waals surface area (Å²) >= 11 is 0. The number of aromatic nitrogens is 4. The lowest BCUT2D eigenvalue weighted by molar-refractivity contribution is -0.115. The van der Waals surface area contributed by atoms with E-state index in [1.165, 1.54) is 22.4 Å². The fourth-order valence-electron chi connectivity index (χ4n) is 5.37. The molecule has 1 amide bonds. The Hall–Kier alpha value is -3.79. The number of ether oxygens (including phenoxy) is 1. The Kier molecular flexibility index (Phi) is 8.21. The van der Waals surface area contributed by atoms with Gasteiger partial charge in [0.15, 0.2) is 11.6 Å². The van der Waals surface area contributed by atoms with E-state index in [0.29, 0.717) is 41.9 Å². The zero-order chi connectivity index (χ0) is 27.4. The van der Waals surface area contributed by atoms with Gasteiger partial charge in [-0.05, 0) is 49.2 Å². The minimum Gasteiger partial charge on any atom is -0.381 e. The minimum absolute atomic E-state index is 0.159. The lowest BCUT2D eigenvalue weighted by Gasteiger charge is -2.23. The highest BCUT2D eigenvalue weighted by atomic mass is 16.5. The predicted octanol–water partition coefficient (Wildman–Crippen LogP) is 4.86. The maximum atomic E-state index is 11.7.